The van der Waals surface area contributed by atoms with E-state index in [1.165, 1.54) is 11.5 Å². The summed E-state index contributed by atoms with van der Waals surface area (Å²) in [6.07, 6.45) is -4.84. The van der Waals surface area contributed by atoms with Crippen molar-refractivity contribution in [1.82, 2.24) is 13.9 Å². The van der Waals surface area contributed by atoms with E-state index in [1.54, 1.807) is 26.0 Å². The van der Waals surface area contributed by atoms with Crippen molar-refractivity contribution in [1.29, 1.82) is 0 Å². The Kier molecular flexibility index (Phi) is 5.18. The molecule has 10 heteroatoms. The van der Waals surface area contributed by atoms with Crippen LogP contribution in [-0.2, 0) is 38.9 Å². The Hall–Kier alpha value is -1.32. The van der Waals surface area contributed by atoms with Gasteiger partial charge in [0.1, 0.15) is 0 Å². The average molecular weight is 429 g/mol. The second kappa shape index (κ2) is 6.53. The summed E-state index contributed by atoms with van der Waals surface area (Å²) in [5, 5.41) is 0.738. The first-order chi connectivity index (χ1) is 10.7. The minimum Gasteiger partial charge on any atom is -0.396 e. The summed E-state index contributed by atoms with van der Waals surface area (Å²) < 4.78 is 43.6. The van der Waals surface area contributed by atoms with Crippen molar-refractivity contribution in [2.45, 2.75) is 20.0 Å². The van der Waals surface area contributed by atoms with Crippen LogP contribution in [0.25, 0.3) is 15.8 Å². The van der Waals surface area contributed by atoms with E-state index in [0.717, 1.165) is 10.1 Å². The molecule has 0 bridgehead atoms. The van der Waals surface area contributed by atoms with Crippen LogP contribution in [0.2, 0.25) is 0 Å². The van der Waals surface area contributed by atoms with Crippen LogP contribution in [0.3, 0.4) is 0 Å². The van der Waals surface area contributed by atoms with Crippen LogP contribution in [0.15, 0.2) is 27.8 Å². The fourth-order valence-corrected chi connectivity index (χ4v) is 3.13. The van der Waals surface area contributed by atoms with Crippen LogP contribution in [0, 0.1) is 13.8 Å². The first-order valence-corrected chi connectivity index (χ1v) is 7.21. The van der Waals surface area contributed by atoms with Gasteiger partial charge in [0.05, 0.1) is 10.4 Å². The topological polar surface area (TPSA) is 66.1 Å². The molecule has 0 radical (unpaired) electrons. The number of hydrogen-bond acceptors (Lipinski definition) is 4. The molecule has 2 heterocycles. The average Bonchev–Trinajstić information content (AvgIpc) is 2.78. The molecule has 0 saturated carbocycles. The number of aryl methyl sites for hydroxylation is 2. The molecule has 0 fully saturated rings. The second-order valence-electron chi connectivity index (χ2n) is 5.00. The van der Waals surface area contributed by atoms with Crippen LogP contribution in [0.4, 0.5) is 13.2 Å². The Morgan fingerprint density at radius 1 is 1.17 bits per heavy atom. The van der Waals surface area contributed by atoms with Crippen LogP contribution < -0.4 is 16.2 Å². The monoisotopic (exact) mass is 429 g/mol. The number of halogens is 3. The predicted octanol–water partition coefficient (Wildman–Crippen LogP) is 2.40. The maximum absolute atomic E-state index is 12.6. The maximum atomic E-state index is 12.6. The van der Waals surface area contributed by atoms with E-state index in [4.69, 9.17) is 0 Å². The zero-order valence-corrected chi connectivity index (χ0v) is 16.2. The van der Waals surface area contributed by atoms with Gasteiger partial charge in [-0.2, -0.15) is 17.5 Å². The molecule has 0 saturated heterocycles. The predicted molar refractivity (Wildman–Crippen MR) is 79.3 cm³/mol. The fourth-order valence-electron chi connectivity index (χ4n) is 2.26. The number of hydrogen-bond donors (Lipinski definition) is 0. The standard InChI is InChI=1S/C14H10F3N3O2S.Y/c1-6-3-10-8(7(2)19-23-10)4-9(6)20-12(21)5-11(14(15,16)17)18-13(20)22;/h3-5H,1-2H3,(H,18,21,22);/q;+3/p-1. The van der Waals surface area contributed by atoms with E-state index >= 15 is 0 Å². The summed E-state index contributed by atoms with van der Waals surface area (Å²) in [4.78, 5) is 27.0. The number of benzene rings is 1. The van der Waals surface area contributed by atoms with Gasteiger partial charge in [-0.15, -0.1) is 0 Å². The van der Waals surface area contributed by atoms with Crippen LogP contribution in [0.1, 0.15) is 17.0 Å². The Labute approximate surface area is 162 Å². The first-order valence-electron chi connectivity index (χ1n) is 6.44. The normalized spacial score (nSPS) is 11.5. The second-order valence-corrected chi connectivity index (χ2v) is 5.80. The summed E-state index contributed by atoms with van der Waals surface area (Å²) in [5.74, 6) is 0. The van der Waals surface area contributed by atoms with Gasteiger partial charge in [0.25, 0.3) is 0 Å². The van der Waals surface area contributed by atoms with Gasteiger partial charge >= 0.3 is 38.9 Å². The minimum atomic E-state index is -4.84. The zero-order chi connectivity index (χ0) is 16.9. The molecule has 0 amide bonds. The van der Waals surface area contributed by atoms with E-state index in [2.05, 4.69) is 9.36 Å². The summed E-state index contributed by atoms with van der Waals surface area (Å²) in [6.45, 7) is 3.43. The molecule has 0 aliphatic rings. The summed E-state index contributed by atoms with van der Waals surface area (Å²) >= 11 is 1.27. The maximum Gasteiger partial charge on any atom is 3.00 e. The van der Waals surface area contributed by atoms with E-state index in [1.807, 2.05) is 0 Å². The Morgan fingerprint density at radius 3 is 2.42 bits per heavy atom. The molecule has 0 N–H and O–H groups in total. The van der Waals surface area contributed by atoms with E-state index in [0.29, 0.717) is 21.9 Å². The van der Waals surface area contributed by atoms with Crippen molar-refractivity contribution >= 4 is 21.6 Å². The summed E-state index contributed by atoms with van der Waals surface area (Å²) in [5.41, 5.74) is -2.32. The van der Waals surface area contributed by atoms with Gasteiger partial charge < -0.3 is 9.55 Å². The Morgan fingerprint density at radius 2 is 1.83 bits per heavy atom. The van der Waals surface area contributed by atoms with Gasteiger partial charge in [0.2, 0.25) is 0 Å². The molecule has 0 unspecified atom stereocenters. The number of alkyl halides is 3. The number of rotatable bonds is 1. The van der Waals surface area contributed by atoms with E-state index < -0.39 is 23.1 Å². The molecule has 0 atom stereocenters. The van der Waals surface area contributed by atoms with Gasteiger partial charge in [-0.1, -0.05) is 0 Å². The zero-order valence-electron chi connectivity index (χ0n) is 12.5. The molecule has 1 aromatic carbocycles. The van der Waals surface area contributed by atoms with Gasteiger partial charge in [0.15, 0.2) is 11.2 Å². The molecule has 0 spiro atoms. The molecule has 2 aromatic heterocycles. The molecule has 24 heavy (non-hydrogen) atoms. The molecular weight excluding hydrogens is 420 g/mol. The molecule has 0 aliphatic carbocycles. The number of nitrogens with zero attached hydrogens (tertiary/aromatic N) is 3. The van der Waals surface area contributed by atoms with Gasteiger partial charge in [-0.3, -0.25) is 9.59 Å². The third-order valence-electron chi connectivity index (χ3n) is 3.39. The van der Waals surface area contributed by atoms with Gasteiger partial charge in [-0.25, -0.2) is 0 Å². The Balaban J connectivity index is 0.00000208. The van der Waals surface area contributed by atoms with E-state index in [9.17, 15) is 22.8 Å². The largest absolute Gasteiger partial charge is 3.00 e. The summed E-state index contributed by atoms with van der Waals surface area (Å²) in [6, 6.07) is 3.63. The van der Waals surface area contributed by atoms with Crippen molar-refractivity contribution in [3.8, 4) is 5.69 Å². The van der Waals surface area contributed by atoms with Crippen molar-refractivity contribution < 1.29 is 45.9 Å². The quantitative estimate of drug-likeness (QED) is 0.596. The van der Waals surface area contributed by atoms with Crippen molar-refractivity contribution in [3.63, 3.8) is 0 Å². The smallest absolute Gasteiger partial charge is 0.396 e. The number of fused-ring (bicyclic) bond motifs is 1. The van der Waals surface area contributed by atoms with Gasteiger partial charge in [0, 0.05) is 11.1 Å². The molecule has 3 rings (SSSR count). The van der Waals surface area contributed by atoms with Crippen molar-refractivity contribution in [3.05, 3.63) is 56.0 Å². The first kappa shape index (κ1) is 19.0. The van der Waals surface area contributed by atoms with Gasteiger partial charge in [-0.05, 0) is 54.8 Å². The molecule has 3 aromatic rings. The Bertz CT molecular complexity index is 1010. The van der Waals surface area contributed by atoms with Crippen LogP contribution in [0.5, 0.6) is 0 Å². The van der Waals surface area contributed by atoms with Crippen molar-refractivity contribution in [2.75, 3.05) is 0 Å². The van der Waals surface area contributed by atoms with Crippen LogP contribution in [-0.4, -0.2) is 8.94 Å². The molecule has 5 nitrogen and oxygen atoms in total. The minimum absolute atomic E-state index is 0. The van der Waals surface area contributed by atoms with Crippen LogP contribution >= 0.6 is 11.5 Å². The van der Waals surface area contributed by atoms with Crippen molar-refractivity contribution in [2.24, 2.45) is 0 Å². The fraction of sp³-hybridized carbons (Fsp3) is 0.214. The third-order valence-corrected chi connectivity index (χ3v) is 4.29. The SMILES string of the molecule is Cc1cc2snc(C)c2cc1-n1c(=O)cc(C(F)(F)F)[n-]c1=O.[Y+3]. The summed E-state index contributed by atoms with van der Waals surface area (Å²) in [7, 11) is 0. The molecule has 120 valence electrons. The third kappa shape index (κ3) is 3.25. The van der Waals surface area contributed by atoms with E-state index in [-0.39, 0.29) is 38.4 Å². The number of aromatic nitrogens is 3. The molecular formula is C14H9F3N3O2SY+2. The molecule has 0 aliphatic heterocycles.